The summed E-state index contributed by atoms with van der Waals surface area (Å²) in [7, 11) is 2.46. The van der Waals surface area contributed by atoms with Crippen molar-refractivity contribution in [1.82, 2.24) is 15.5 Å². The Hall–Kier alpha value is -1.07. The number of hydrogen-bond acceptors (Lipinski definition) is 5. The van der Waals surface area contributed by atoms with Gasteiger partial charge in [0.25, 0.3) is 0 Å². The Morgan fingerprint density at radius 1 is 1.23 bits per heavy atom. The van der Waals surface area contributed by atoms with Crippen LogP contribution >= 0.6 is 24.0 Å². The van der Waals surface area contributed by atoms with Crippen LogP contribution in [0.3, 0.4) is 0 Å². The fourth-order valence-corrected chi connectivity index (χ4v) is 4.24. The minimum absolute atomic E-state index is 0. The number of likely N-dealkylation sites (tertiary alicyclic amines) is 1. The van der Waals surface area contributed by atoms with E-state index in [1.807, 2.05) is 26.8 Å². The van der Waals surface area contributed by atoms with E-state index in [2.05, 4.69) is 39.6 Å². The summed E-state index contributed by atoms with van der Waals surface area (Å²) in [4.78, 5) is 7.06. The van der Waals surface area contributed by atoms with Crippen LogP contribution in [0.4, 0.5) is 0 Å². The molecule has 178 valence electrons. The monoisotopic (exact) mass is 566 g/mol. The molecular weight excluding hydrogens is 527 g/mol. The molecule has 1 aliphatic rings. The molecule has 1 heterocycles. The van der Waals surface area contributed by atoms with Crippen LogP contribution in [0.2, 0.25) is 0 Å². The zero-order valence-electron chi connectivity index (χ0n) is 19.7. The van der Waals surface area contributed by atoms with Gasteiger partial charge in [-0.1, -0.05) is 0 Å². The number of halogens is 1. The summed E-state index contributed by atoms with van der Waals surface area (Å²) < 4.78 is 22.8. The average molecular weight is 567 g/mol. The molecule has 0 spiro atoms. The molecule has 2 atom stereocenters. The Morgan fingerprint density at radius 3 is 2.42 bits per heavy atom. The highest BCUT2D eigenvalue weighted by atomic mass is 127. The molecule has 31 heavy (non-hydrogen) atoms. The van der Waals surface area contributed by atoms with Gasteiger partial charge in [0.2, 0.25) is 0 Å². The molecule has 7 nitrogen and oxygen atoms in total. The van der Waals surface area contributed by atoms with Crippen molar-refractivity contribution in [2.75, 3.05) is 46.2 Å². The third-order valence-electron chi connectivity index (χ3n) is 5.00. The van der Waals surface area contributed by atoms with Crippen molar-refractivity contribution in [3.63, 3.8) is 0 Å². The quantitative estimate of drug-likeness (QED) is 0.272. The molecular formula is C22H39IN4O3S. The molecule has 0 bridgehead atoms. The van der Waals surface area contributed by atoms with E-state index >= 15 is 0 Å². The van der Waals surface area contributed by atoms with Crippen LogP contribution in [-0.2, 0) is 17.3 Å². The fraction of sp³-hybridized carbons (Fsp3) is 0.682. The van der Waals surface area contributed by atoms with Crippen LogP contribution in [0.25, 0.3) is 0 Å². The fourth-order valence-electron chi connectivity index (χ4n) is 3.37. The van der Waals surface area contributed by atoms with Crippen molar-refractivity contribution in [2.24, 2.45) is 4.99 Å². The van der Waals surface area contributed by atoms with Crippen molar-refractivity contribution >= 4 is 40.7 Å². The van der Waals surface area contributed by atoms with E-state index in [1.165, 1.54) is 5.56 Å². The maximum absolute atomic E-state index is 12.2. The molecule has 0 amide bonds. The van der Waals surface area contributed by atoms with Gasteiger partial charge in [0.1, 0.15) is 11.5 Å². The second kappa shape index (κ2) is 13.5. The van der Waals surface area contributed by atoms with Crippen molar-refractivity contribution in [3.8, 4) is 11.5 Å². The van der Waals surface area contributed by atoms with Crippen LogP contribution in [0.1, 0.15) is 39.7 Å². The van der Waals surface area contributed by atoms with Crippen molar-refractivity contribution < 1.29 is 13.7 Å². The van der Waals surface area contributed by atoms with Crippen molar-refractivity contribution in [2.45, 2.75) is 51.4 Å². The smallest absolute Gasteiger partial charge is 0.191 e. The van der Waals surface area contributed by atoms with E-state index in [0.29, 0.717) is 18.3 Å². The first kappa shape index (κ1) is 28.0. The molecule has 1 aromatic rings. The van der Waals surface area contributed by atoms with Crippen LogP contribution < -0.4 is 20.1 Å². The molecule has 2 unspecified atom stereocenters. The normalized spacial score (nSPS) is 18.3. The lowest BCUT2D eigenvalue weighted by Gasteiger charge is -2.20. The van der Waals surface area contributed by atoms with Gasteiger partial charge in [-0.15, -0.1) is 24.0 Å². The van der Waals surface area contributed by atoms with Gasteiger partial charge in [0.05, 0.1) is 20.8 Å². The third-order valence-corrected chi connectivity index (χ3v) is 6.92. The van der Waals surface area contributed by atoms with Gasteiger partial charge in [0.15, 0.2) is 5.96 Å². The lowest BCUT2D eigenvalue weighted by Crippen LogP contribution is -2.44. The van der Waals surface area contributed by atoms with Crippen LogP contribution in [0.5, 0.6) is 11.5 Å². The number of nitrogens with zero attached hydrogens (tertiary/aromatic N) is 2. The van der Waals surface area contributed by atoms with Crippen LogP contribution in [0, 0.1) is 0 Å². The van der Waals surface area contributed by atoms with Gasteiger partial charge in [0, 0.05) is 59.6 Å². The summed E-state index contributed by atoms with van der Waals surface area (Å²) >= 11 is 0. The first-order valence-corrected chi connectivity index (χ1v) is 11.9. The Balaban J connectivity index is 0.00000480. The van der Waals surface area contributed by atoms with E-state index in [4.69, 9.17) is 9.47 Å². The lowest BCUT2D eigenvalue weighted by molar-refractivity contribution is 0.321. The number of rotatable bonds is 9. The predicted octanol–water partition coefficient (Wildman–Crippen LogP) is 3.00. The van der Waals surface area contributed by atoms with Gasteiger partial charge in [-0.25, -0.2) is 0 Å². The summed E-state index contributed by atoms with van der Waals surface area (Å²) in [5.74, 6) is 3.01. The topological polar surface area (TPSA) is 75.2 Å². The van der Waals surface area contributed by atoms with E-state index in [-0.39, 0.29) is 28.7 Å². The number of ether oxygens (including phenoxy) is 2. The van der Waals surface area contributed by atoms with Gasteiger partial charge in [-0.2, -0.15) is 0 Å². The highest BCUT2D eigenvalue weighted by Crippen LogP contribution is 2.24. The molecule has 2 N–H and O–H groups in total. The molecule has 2 rings (SSSR count). The second-order valence-electron chi connectivity index (χ2n) is 8.51. The number of hydrogen-bond donors (Lipinski definition) is 2. The summed E-state index contributed by atoms with van der Waals surface area (Å²) in [5.41, 5.74) is 1.18. The summed E-state index contributed by atoms with van der Waals surface area (Å²) in [6, 6.07) is 6.35. The maximum atomic E-state index is 12.2. The minimum atomic E-state index is -0.887. The molecule has 1 aromatic carbocycles. The lowest BCUT2D eigenvalue weighted by atomic mass is 10.2. The largest absolute Gasteiger partial charge is 0.497 e. The SMILES string of the molecule is CCNC(=NCCS(=O)C(C)(C)C)NC1CCN(Cc2cc(OC)cc(OC)c2)C1.I. The zero-order valence-corrected chi connectivity index (χ0v) is 22.8. The van der Waals surface area contributed by atoms with E-state index in [0.717, 1.165) is 50.1 Å². The third kappa shape index (κ3) is 9.53. The summed E-state index contributed by atoms with van der Waals surface area (Å²) in [6.45, 7) is 12.2. The number of nitrogens with one attached hydrogen (secondary N) is 2. The first-order chi connectivity index (χ1) is 14.2. The van der Waals surface area contributed by atoms with Gasteiger partial charge in [-0.05, 0) is 51.8 Å². The van der Waals surface area contributed by atoms with Gasteiger partial charge >= 0.3 is 0 Å². The van der Waals surface area contributed by atoms with E-state index in [9.17, 15) is 4.21 Å². The van der Waals surface area contributed by atoms with Crippen molar-refractivity contribution in [1.29, 1.82) is 0 Å². The van der Waals surface area contributed by atoms with Crippen molar-refractivity contribution in [3.05, 3.63) is 23.8 Å². The highest BCUT2D eigenvalue weighted by molar-refractivity contribution is 14.0. The predicted molar refractivity (Wildman–Crippen MR) is 141 cm³/mol. The number of methoxy groups -OCH3 is 2. The Bertz CT molecular complexity index is 718. The standard InChI is InChI=1S/C22H38N4O3S.HI/c1-7-23-21(24-9-11-30(27)22(2,3)4)25-18-8-10-26(16-18)15-17-12-19(28-5)14-20(13-17)29-6;/h12-14,18H,7-11,15-16H2,1-6H3,(H2,23,24,25);1H. The van der Waals surface area contributed by atoms with Gasteiger partial charge < -0.3 is 20.1 Å². The zero-order chi connectivity index (χ0) is 22.1. The molecule has 1 fully saturated rings. The Kier molecular flexibility index (Phi) is 12.2. The maximum Gasteiger partial charge on any atom is 0.191 e. The number of guanidine groups is 1. The van der Waals surface area contributed by atoms with Crippen LogP contribution in [0.15, 0.2) is 23.2 Å². The first-order valence-electron chi connectivity index (χ1n) is 10.6. The van der Waals surface area contributed by atoms with E-state index < -0.39 is 10.8 Å². The summed E-state index contributed by atoms with van der Waals surface area (Å²) in [6.07, 6.45) is 1.05. The minimum Gasteiger partial charge on any atom is -0.497 e. The Morgan fingerprint density at radius 2 is 1.87 bits per heavy atom. The van der Waals surface area contributed by atoms with Crippen LogP contribution in [-0.4, -0.2) is 72.0 Å². The Labute approximate surface area is 207 Å². The molecule has 0 aromatic heterocycles. The second-order valence-corrected chi connectivity index (χ2v) is 10.8. The van der Waals surface area contributed by atoms with Gasteiger partial charge in [-0.3, -0.25) is 14.1 Å². The molecule has 0 radical (unpaired) electrons. The average Bonchev–Trinajstić information content (AvgIpc) is 3.13. The molecule has 1 saturated heterocycles. The summed E-state index contributed by atoms with van der Waals surface area (Å²) in [5, 5.41) is 6.84. The molecule has 1 aliphatic heterocycles. The molecule has 9 heteroatoms. The molecule has 0 saturated carbocycles. The van der Waals surface area contributed by atoms with E-state index in [1.54, 1.807) is 14.2 Å². The molecule has 0 aliphatic carbocycles. The number of benzene rings is 1. The number of aliphatic imine (C=N–C) groups is 1. The highest BCUT2D eigenvalue weighted by Gasteiger charge is 2.24.